The summed E-state index contributed by atoms with van der Waals surface area (Å²) in [6, 6.07) is 9.55. The minimum Gasteiger partial charge on any atom is -0.0688 e. The van der Waals surface area contributed by atoms with Crippen molar-refractivity contribution in [3.05, 3.63) is 24.3 Å². The van der Waals surface area contributed by atoms with Crippen LogP contribution in [0.4, 0.5) is 0 Å². The first kappa shape index (κ1) is 15.0. The van der Waals surface area contributed by atoms with Gasteiger partial charge in [-0.15, -0.1) is 0 Å². The van der Waals surface area contributed by atoms with Gasteiger partial charge in [-0.05, 0) is 58.9 Å². The highest BCUT2D eigenvalue weighted by Gasteiger charge is 2.37. The van der Waals surface area contributed by atoms with Crippen LogP contribution in [0.1, 0.15) is 53.4 Å². The second kappa shape index (κ2) is 6.06. The summed E-state index contributed by atoms with van der Waals surface area (Å²) in [6.07, 6.45) is 5.79. The average Bonchev–Trinajstić information content (AvgIpc) is 2.93. The molecule has 4 atom stereocenters. The van der Waals surface area contributed by atoms with Crippen molar-refractivity contribution in [2.24, 2.45) is 0 Å². The molecule has 0 radical (unpaired) electrons. The quantitative estimate of drug-likeness (QED) is 0.671. The molecular weight excluding hydrogens is 278 g/mol. The predicted octanol–water partition coefficient (Wildman–Crippen LogP) is 5.04. The summed E-state index contributed by atoms with van der Waals surface area (Å²) in [5.74, 6) is 0. The molecule has 3 rings (SSSR count). The number of hydrogen-bond acceptors (Lipinski definition) is 0. The molecule has 0 unspecified atom stereocenters. The van der Waals surface area contributed by atoms with Gasteiger partial charge in [0.1, 0.15) is 0 Å². The molecule has 1 aromatic carbocycles. The second-order valence-electron chi connectivity index (χ2n) is 6.85. The van der Waals surface area contributed by atoms with Crippen molar-refractivity contribution < 1.29 is 0 Å². The molecule has 0 aromatic heterocycles. The molecule has 2 heteroatoms. The van der Waals surface area contributed by atoms with E-state index >= 15 is 0 Å². The van der Waals surface area contributed by atoms with Crippen LogP contribution < -0.4 is 10.6 Å². The van der Waals surface area contributed by atoms with Crippen molar-refractivity contribution in [2.45, 2.75) is 76.0 Å². The molecule has 2 fully saturated rings. The Bertz CT molecular complexity index is 407. The molecule has 0 spiro atoms. The highest BCUT2D eigenvalue weighted by atomic mass is 31.1. The predicted molar refractivity (Wildman–Crippen MR) is 95.9 cm³/mol. The molecule has 0 bridgehead atoms. The Balaban J connectivity index is 2.00. The van der Waals surface area contributed by atoms with Gasteiger partial charge in [-0.2, -0.15) is 0 Å². The van der Waals surface area contributed by atoms with Crippen LogP contribution in [0.2, 0.25) is 0 Å². The van der Waals surface area contributed by atoms with Gasteiger partial charge in [-0.3, -0.25) is 0 Å². The summed E-state index contributed by atoms with van der Waals surface area (Å²) >= 11 is 0. The maximum Gasteiger partial charge on any atom is -0.0158 e. The molecule has 1 aromatic rings. The van der Waals surface area contributed by atoms with Crippen molar-refractivity contribution in [3.8, 4) is 0 Å². The zero-order valence-corrected chi connectivity index (χ0v) is 15.1. The first-order chi connectivity index (χ1) is 9.59. The van der Waals surface area contributed by atoms with Crippen molar-refractivity contribution in [2.75, 3.05) is 0 Å². The molecule has 0 aliphatic carbocycles. The summed E-state index contributed by atoms with van der Waals surface area (Å²) in [5, 5.41) is 3.57. The summed E-state index contributed by atoms with van der Waals surface area (Å²) < 4.78 is 0. The van der Waals surface area contributed by atoms with Crippen LogP contribution in [0, 0.1) is 0 Å². The molecule has 2 aliphatic rings. The fourth-order valence-corrected chi connectivity index (χ4v) is 11.5. The van der Waals surface area contributed by atoms with Gasteiger partial charge in [0.15, 0.2) is 0 Å². The van der Waals surface area contributed by atoms with E-state index in [0.29, 0.717) is 0 Å². The van der Waals surface area contributed by atoms with Gasteiger partial charge in [0.2, 0.25) is 0 Å². The van der Waals surface area contributed by atoms with Gasteiger partial charge in [-0.25, -0.2) is 0 Å². The molecule has 0 N–H and O–H groups in total. The van der Waals surface area contributed by atoms with Crippen LogP contribution in [0.5, 0.6) is 0 Å². The normalized spacial score (nSPS) is 35.8. The fraction of sp³-hybridized carbons (Fsp3) is 0.667. The SMILES string of the molecule is C[C@@H]1CC[C@@H](C)P1c1ccccc1P1[C@H](C)CC[C@H]1C. The van der Waals surface area contributed by atoms with Gasteiger partial charge in [0.25, 0.3) is 0 Å². The van der Waals surface area contributed by atoms with E-state index < -0.39 is 0 Å². The zero-order chi connectivity index (χ0) is 14.3. The minimum absolute atomic E-state index is 0.0785. The minimum atomic E-state index is 0.0785. The van der Waals surface area contributed by atoms with E-state index in [0.717, 1.165) is 22.6 Å². The molecule has 2 saturated heterocycles. The van der Waals surface area contributed by atoms with E-state index in [1.54, 1.807) is 10.6 Å². The van der Waals surface area contributed by atoms with Crippen LogP contribution in [0.3, 0.4) is 0 Å². The summed E-state index contributed by atoms with van der Waals surface area (Å²) in [5.41, 5.74) is 3.74. The van der Waals surface area contributed by atoms with Crippen molar-refractivity contribution in [3.63, 3.8) is 0 Å². The molecule has 2 aliphatic heterocycles. The van der Waals surface area contributed by atoms with Crippen LogP contribution in [-0.2, 0) is 0 Å². The van der Waals surface area contributed by atoms with Crippen LogP contribution in [-0.4, -0.2) is 22.6 Å². The van der Waals surface area contributed by atoms with Gasteiger partial charge < -0.3 is 0 Å². The van der Waals surface area contributed by atoms with Crippen molar-refractivity contribution in [1.29, 1.82) is 0 Å². The molecule has 0 amide bonds. The lowest BCUT2D eigenvalue weighted by molar-refractivity contribution is 0.777. The molecule has 0 saturated carbocycles. The Kier molecular flexibility index (Phi) is 4.54. The number of benzene rings is 1. The molecule has 2 heterocycles. The van der Waals surface area contributed by atoms with Gasteiger partial charge in [0.05, 0.1) is 0 Å². The van der Waals surface area contributed by atoms with Crippen LogP contribution in [0.25, 0.3) is 0 Å². The fourth-order valence-electron chi connectivity index (χ4n) is 4.24. The van der Waals surface area contributed by atoms with Crippen LogP contribution >= 0.6 is 15.8 Å². The first-order valence-electron chi connectivity index (χ1n) is 8.25. The lowest BCUT2D eigenvalue weighted by atomic mass is 10.2. The van der Waals surface area contributed by atoms with Crippen molar-refractivity contribution in [1.82, 2.24) is 0 Å². The molecule has 20 heavy (non-hydrogen) atoms. The van der Waals surface area contributed by atoms with E-state index in [1.165, 1.54) is 25.7 Å². The Labute approximate surface area is 127 Å². The highest BCUT2D eigenvalue weighted by Crippen LogP contribution is 2.58. The summed E-state index contributed by atoms with van der Waals surface area (Å²) in [6.45, 7) is 10.0. The van der Waals surface area contributed by atoms with E-state index in [-0.39, 0.29) is 15.8 Å². The topological polar surface area (TPSA) is 0 Å². The van der Waals surface area contributed by atoms with E-state index in [2.05, 4.69) is 52.0 Å². The maximum atomic E-state index is 2.50. The lowest BCUT2D eigenvalue weighted by Gasteiger charge is -2.30. The maximum absolute atomic E-state index is 2.50. The van der Waals surface area contributed by atoms with E-state index in [9.17, 15) is 0 Å². The average molecular weight is 306 g/mol. The van der Waals surface area contributed by atoms with Gasteiger partial charge >= 0.3 is 0 Å². The van der Waals surface area contributed by atoms with Crippen LogP contribution in [0.15, 0.2) is 24.3 Å². The summed E-state index contributed by atoms with van der Waals surface area (Å²) in [4.78, 5) is 0. The third-order valence-corrected chi connectivity index (χ3v) is 12.2. The largest absolute Gasteiger partial charge is 0.0688 e. The van der Waals surface area contributed by atoms with Gasteiger partial charge in [-0.1, -0.05) is 67.8 Å². The van der Waals surface area contributed by atoms with Gasteiger partial charge in [0, 0.05) is 0 Å². The standard InChI is InChI=1S/C18H28P2/c1-13-9-10-14(2)19(13)17-7-5-6-8-18(17)20-15(3)11-12-16(20)4/h5-8,13-16H,9-12H2,1-4H3/t13-,14-,15-,16-/m1/s1. The Morgan fingerprint density at radius 1 is 0.650 bits per heavy atom. The van der Waals surface area contributed by atoms with E-state index in [1.807, 2.05) is 0 Å². The molecule has 0 nitrogen and oxygen atoms in total. The third-order valence-electron chi connectivity index (χ3n) is 5.34. The Morgan fingerprint density at radius 3 is 1.25 bits per heavy atom. The lowest BCUT2D eigenvalue weighted by Crippen LogP contribution is -2.28. The number of hydrogen-bond donors (Lipinski definition) is 0. The van der Waals surface area contributed by atoms with E-state index in [4.69, 9.17) is 0 Å². The van der Waals surface area contributed by atoms with Crippen molar-refractivity contribution >= 4 is 26.5 Å². The number of rotatable bonds is 2. The summed E-state index contributed by atoms with van der Waals surface area (Å²) in [7, 11) is 0.157. The zero-order valence-electron chi connectivity index (χ0n) is 13.3. The Morgan fingerprint density at radius 2 is 0.950 bits per heavy atom. The third kappa shape index (κ3) is 2.60. The second-order valence-corrected chi connectivity index (χ2v) is 13.0. The smallest absolute Gasteiger partial charge is 0.0158 e. The molecular formula is C18H28P2. The molecule has 110 valence electrons. The first-order valence-corrected chi connectivity index (χ1v) is 11.2. The highest BCUT2D eigenvalue weighted by molar-refractivity contribution is 7.73. The Hall–Kier alpha value is 0.0800. The monoisotopic (exact) mass is 306 g/mol.